The quantitative estimate of drug-likeness (QED) is 0.567. The maximum absolute atomic E-state index is 11.7. The number of carbonyl (C=O) groups is 1. The number of methoxy groups -OCH3 is 1. The van der Waals surface area contributed by atoms with Gasteiger partial charge in [0.1, 0.15) is 6.10 Å². The van der Waals surface area contributed by atoms with Crippen molar-refractivity contribution in [3.63, 3.8) is 0 Å². The number of nitrogens with one attached hydrogen (secondary N) is 1. The minimum absolute atomic E-state index is 0.0407. The van der Waals surface area contributed by atoms with Crippen molar-refractivity contribution in [2.45, 2.75) is 56.6 Å². The first-order valence-corrected chi connectivity index (χ1v) is 6.68. The Morgan fingerprint density at radius 3 is 2.65 bits per heavy atom. The van der Waals surface area contributed by atoms with Gasteiger partial charge in [0.15, 0.2) is 0 Å². The molecule has 0 bridgehead atoms. The summed E-state index contributed by atoms with van der Waals surface area (Å²) in [5.74, 6) is -0.0407. The molecule has 1 aliphatic carbocycles. The molecular formula is C13H23NO3. The molecule has 4 heteroatoms. The predicted molar refractivity (Wildman–Crippen MR) is 64.8 cm³/mol. The SMILES string of the molecule is COCC1(CCC(=O)OC2CCCCC2)CN1. The zero-order chi connectivity index (χ0) is 12.1. The second kappa shape index (κ2) is 5.83. The normalized spacial score (nSPS) is 29.0. The van der Waals surface area contributed by atoms with Crippen LogP contribution in [0.15, 0.2) is 0 Å². The Balaban J connectivity index is 1.63. The molecule has 2 fully saturated rings. The van der Waals surface area contributed by atoms with Gasteiger partial charge in [0.2, 0.25) is 0 Å². The lowest BCUT2D eigenvalue weighted by molar-refractivity contribution is -0.150. The number of carbonyl (C=O) groups excluding carboxylic acids is 1. The third-order valence-electron chi connectivity index (χ3n) is 3.76. The smallest absolute Gasteiger partial charge is 0.306 e. The van der Waals surface area contributed by atoms with E-state index in [9.17, 15) is 4.79 Å². The molecule has 0 amide bonds. The fourth-order valence-electron chi connectivity index (χ4n) is 2.52. The summed E-state index contributed by atoms with van der Waals surface area (Å²) >= 11 is 0. The van der Waals surface area contributed by atoms with Crippen LogP contribution in [0.3, 0.4) is 0 Å². The molecule has 0 aromatic heterocycles. The van der Waals surface area contributed by atoms with Crippen LogP contribution in [0.25, 0.3) is 0 Å². The molecular weight excluding hydrogens is 218 g/mol. The van der Waals surface area contributed by atoms with Crippen molar-refractivity contribution in [2.24, 2.45) is 0 Å². The van der Waals surface area contributed by atoms with Gasteiger partial charge in [-0.25, -0.2) is 0 Å². The summed E-state index contributed by atoms with van der Waals surface area (Å²) in [7, 11) is 1.70. The second-order valence-corrected chi connectivity index (χ2v) is 5.32. The zero-order valence-electron chi connectivity index (χ0n) is 10.7. The van der Waals surface area contributed by atoms with Gasteiger partial charge in [-0.2, -0.15) is 0 Å². The molecule has 1 N–H and O–H groups in total. The van der Waals surface area contributed by atoms with Crippen LogP contribution in [0.5, 0.6) is 0 Å². The van der Waals surface area contributed by atoms with Crippen molar-refractivity contribution >= 4 is 5.97 Å². The number of hydrogen-bond donors (Lipinski definition) is 1. The highest BCUT2D eigenvalue weighted by Gasteiger charge is 2.42. The van der Waals surface area contributed by atoms with E-state index in [4.69, 9.17) is 9.47 Å². The first kappa shape index (κ1) is 12.8. The van der Waals surface area contributed by atoms with Crippen LogP contribution in [-0.4, -0.2) is 37.9 Å². The van der Waals surface area contributed by atoms with E-state index >= 15 is 0 Å². The maximum Gasteiger partial charge on any atom is 0.306 e. The van der Waals surface area contributed by atoms with Crippen molar-refractivity contribution in [3.05, 3.63) is 0 Å². The van der Waals surface area contributed by atoms with E-state index in [1.165, 1.54) is 19.3 Å². The summed E-state index contributed by atoms with van der Waals surface area (Å²) in [5.41, 5.74) is 0.0559. The number of rotatable bonds is 6. The molecule has 2 rings (SSSR count). The lowest BCUT2D eigenvalue weighted by Gasteiger charge is -2.22. The number of ether oxygens (including phenoxy) is 2. The Labute approximate surface area is 103 Å². The first-order valence-electron chi connectivity index (χ1n) is 6.68. The van der Waals surface area contributed by atoms with Crippen LogP contribution in [0.1, 0.15) is 44.9 Å². The molecule has 0 aromatic carbocycles. The topological polar surface area (TPSA) is 57.5 Å². The first-order chi connectivity index (χ1) is 8.24. The highest BCUT2D eigenvalue weighted by Crippen LogP contribution is 2.25. The molecule has 1 heterocycles. The van der Waals surface area contributed by atoms with Crippen LogP contribution < -0.4 is 5.32 Å². The van der Waals surface area contributed by atoms with E-state index in [1.54, 1.807) is 7.11 Å². The van der Waals surface area contributed by atoms with Gasteiger partial charge in [-0.15, -0.1) is 0 Å². The molecule has 0 spiro atoms. The van der Waals surface area contributed by atoms with Crippen molar-refractivity contribution in [2.75, 3.05) is 20.3 Å². The van der Waals surface area contributed by atoms with E-state index in [2.05, 4.69) is 5.32 Å². The summed E-state index contributed by atoms with van der Waals surface area (Å²) in [5, 5.41) is 3.28. The maximum atomic E-state index is 11.7. The van der Waals surface area contributed by atoms with Gasteiger partial charge in [-0.05, 0) is 32.1 Å². The van der Waals surface area contributed by atoms with Crippen LogP contribution >= 0.6 is 0 Å². The Morgan fingerprint density at radius 1 is 1.35 bits per heavy atom. The third-order valence-corrected chi connectivity index (χ3v) is 3.76. The molecule has 0 radical (unpaired) electrons. The van der Waals surface area contributed by atoms with Crippen molar-refractivity contribution < 1.29 is 14.3 Å². The molecule has 4 nitrogen and oxygen atoms in total. The van der Waals surface area contributed by atoms with Crippen LogP contribution in [0.2, 0.25) is 0 Å². The van der Waals surface area contributed by atoms with Gasteiger partial charge in [-0.1, -0.05) is 6.42 Å². The zero-order valence-corrected chi connectivity index (χ0v) is 10.7. The minimum atomic E-state index is -0.0407. The van der Waals surface area contributed by atoms with Crippen LogP contribution in [-0.2, 0) is 14.3 Å². The Bertz CT molecular complexity index is 257. The van der Waals surface area contributed by atoms with E-state index in [1.807, 2.05) is 0 Å². The average Bonchev–Trinajstić information content (AvgIpc) is 3.09. The monoisotopic (exact) mass is 241 g/mol. The number of hydrogen-bond acceptors (Lipinski definition) is 4. The molecule has 1 saturated heterocycles. The predicted octanol–water partition coefficient (Wildman–Crippen LogP) is 1.63. The lowest BCUT2D eigenvalue weighted by atomic mass is 9.98. The van der Waals surface area contributed by atoms with Crippen molar-refractivity contribution in [1.29, 1.82) is 0 Å². The van der Waals surface area contributed by atoms with Gasteiger partial charge in [0.05, 0.1) is 12.1 Å². The molecule has 1 saturated carbocycles. The largest absolute Gasteiger partial charge is 0.462 e. The third kappa shape index (κ3) is 3.96. The van der Waals surface area contributed by atoms with Crippen molar-refractivity contribution in [1.82, 2.24) is 5.32 Å². The standard InChI is InChI=1S/C13H23NO3/c1-16-10-13(9-14-13)8-7-12(15)17-11-5-3-2-4-6-11/h11,14H,2-10H2,1H3. The van der Waals surface area contributed by atoms with Crippen molar-refractivity contribution in [3.8, 4) is 0 Å². The van der Waals surface area contributed by atoms with Gasteiger partial charge < -0.3 is 14.8 Å². The molecule has 0 aromatic rings. The van der Waals surface area contributed by atoms with E-state index in [0.29, 0.717) is 13.0 Å². The van der Waals surface area contributed by atoms with Gasteiger partial charge in [0, 0.05) is 20.1 Å². The second-order valence-electron chi connectivity index (χ2n) is 5.32. The average molecular weight is 241 g/mol. The summed E-state index contributed by atoms with van der Waals surface area (Å²) in [6, 6.07) is 0. The number of esters is 1. The van der Waals surface area contributed by atoms with E-state index in [-0.39, 0.29) is 17.6 Å². The summed E-state index contributed by atoms with van der Waals surface area (Å²) in [4.78, 5) is 11.7. The molecule has 98 valence electrons. The van der Waals surface area contributed by atoms with Gasteiger partial charge in [0.25, 0.3) is 0 Å². The fourth-order valence-corrected chi connectivity index (χ4v) is 2.52. The van der Waals surface area contributed by atoms with Crippen LogP contribution in [0, 0.1) is 0 Å². The summed E-state index contributed by atoms with van der Waals surface area (Å²) in [6.07, 6.45) is 7.30. The molecule has 17 heavy (non-hydrogen) atoms. The summed E-state index contributed by atoms with van der Waals surface area (Å²) in [6.45, 7) is 1.64. The van der Waals surface area contributed by atoms with Gasteiger partial charge in [-0.3, -0.25) is 4.79 Å². The molecule has 2 aliphatic rings. The minimum Gasteiger partial charge on any atom is -0.462 e. The summed E-state index contributed by atoms with van der Waals surface area (Å²) < 4.78 is 10.6. The van der Waals surface area contributed by atoms with E-state index < -0.39 is 0 Å². The highest BCUT2D eigenvalue weighted by molar-refractivity contribution is 5.69. The highest BCUT2D eigenvalue weighted by atomic mass is 16.5. The van der Waals surface area contributed by atoms with Crippen LogP contribution in [0.4, 0.5) is 0 Å². The lowest BCUT2D eigenvalue weighted by Crippen LogP contribution is -2.26. The molecule has 1 atom stereocenters. The fraction of sp³-hybridized carbons (Fsp3) is 0.923. The Hall–Kier alpha value is -0.610. The van der Waals surface area contributed by atoms with E-state index in [0.717, 1.165) is 25.8 Å². The molecule has 1 aliphatic heterocycles. The Kier molecular flexibility index (Phi) is 4.40. The molecule has 1 unspecified atom stereocenters. The van der Waals surface area contributed by atoms with Gasteiger partial charge >= 0.3 is 5.97 Å². The Morgan fingerprint density at radius 2 is 2.06 bits per heavy atom.